The molecule has 1 aliphatic heterocycles. The Kier molecular flexibility index (Phi) is 4.84. The Morgan fingerprint density at radius 1 is 1.38 bits per heavy atom. The summed E-state index contributed by atoms with van der Waals surface area (Å²) in [5.41, 5.74) is 3.30. The smallest absolute Gasteiger partial charge is 0.241 e. The fourth-order valence-electron chi connectivity index (χ4n) is 2.81. The van der Waals surface area contributed by atoms with Crippen molar-refractivity contribution >= 4 is 23.2 Å². The number of carbonyl (C=O) groups excluding carboxylic acids is 1. The van der Waals surface area contributed by atoms with Crippen molar-refractivity contribution in [2.24, 2.45) is 0 Å². The van der Waals surface area contributed by atoms with Crippen molar-refractivity contribution < 1.29 is 4.79 Å². The molecule has 4 nitrogen and oxygen atoms in total. The van der Waals surface area contributed by atoms with Crippen molar-refractivity contribution in [3.05, 3.63) is 64.2 Å². The number of rotatable bonds is 4. The van der Waals surface area contributed by atoms with Crippen molar-refractivity contribution in [2.75, 3.05) is 11.9 Å². The van der Waals surface area contributed by atoms with Crippen molar-refractivity contribution in [1.29, 1.82) is 5.26 Å². The fraction of sp³-hybridized carbons (Fsp3) is 0.263. The number of carbonyl (C=O) groups is 1. The van der Waals surface area contributed by atoms with Crippen LogP contribution in [0.1, 0.15) is 23.1 Å². The Morgan fingerprint density at radius 2 is 2.17 bits per heavy atom. The quantitative estimate of drug-likeness (QED) is 0.923. The second-order valence-electron chi connectivity index (χ2n) is 6.00. The lowest BCUT2D eigenvalue weighted by atomic mass is 9.99. The van der Waals surface area contributed by atoms with Gasteiger partial charge in [0.15, 0.2) is 0 Å². The lowest BCUT2D eigenvalue weighted by molar-refractivity contribution is -0.125. The number of nitrogens with one attached hydrogen (secondary N) is 1. The summed E-state index contributed by atoms with van der Waals surface area (Å²) in [6.07, 6.45) is 0.820. The van der Waals surface area contributed by atoms with Crippen LogP contribution in [0.2, 0.25) is 5.02 Å². The molecule has 0 aromatic heterocycles. The molecule has 0 radical (unpaired) electrons. The molecule has 5 heteroatoms. The number of amides is 1. The summed E-state index contributed by atoms with van der Waals surface area (Å²) in [5.74, 6) is -0.0318. The van der Waals surface area contributed by atoms with Crippen molar-refractivity contribution in [3.63, 3.8) is 0 Å². The van der Waals surface area contributed by atoms with Gasteiger partial charge in [-0.25, -0.2) is 0 Å². The van der Waals surface area contributed by atoms with E-state index in [4.69, 9.17) is 11.6 Å². The van der Waals surface area contributed by atoms with Gasteiger partial charge in [0.1, 0.15) is 0 Å². The first-order valence-corrected chi connectivity index (χ1v) is 8.25. The van der Waals surface area contributed by atoms with E-state index in [9.17, 15) is 10.1 Å². The number of hydrogen-bond acceptors (Lipinski definition) is 3. The van der Waals surface area contributed by atoms with E-state index in [1.165, 1.54) is 0 Å². The van der Waals surface area contributed by atoms with E-state index in [1.54, 1.807) is 12.1 Å². The Labute approximate surface area is 146 Å². The standard InChI is InChI=1S/C19H18ClN3O/c1-13-6-7-16(10-17(13)20)22-19(24)18-8-9-23(18)12-15-5-3-2-4-14(15)11-21/h2-7,10,18H,8-9,12H2,1H3,(H,22,24). The lowest BCUT2D eigenvalue weighted by Gasteiger charge is -2.39. The highest BCUT2D eigenvalue weighted by atomic mass is 35.5. The molecule has 0 aliphatic carbocycles. The molecule has 122 valence electrons. The molecule has 1 amide bonds. The molecule has 1 heterocycles. The van der Waals surface area contributed by atoms with Gasteiger partial charge in [-0.1, -0.05) is 35.9 Å². The minimum absolute atomic E-state index is 0.0318. The van der Waals surface area contributed by atoms with Crippen LogP contribution >= 0.6 is 11.6 Å². The topological polar surface area (TPSA) is 56.1 Å². The Morgan fingerprint density at radius 3 is 2.83 bits per heavy atom. The summed E-state index contributed by atoms with van der Waals surface area (Å²) in [6, 6.07) is 15.0. The summed E-state index contributed by atoms with van der Waals surface area (Å²) in [7, 11) is 0. The van der Waals surface area contributed by atoms with E-state index >= 15 is 0 Å². The Balaban J connectivity index is 1.66. The normalized spacial score (nSPS) is 17.0. The van der Waals surface area contributed by atoms with Crippen molar-refractivity contribution in [2.45, 2.75) is 25.9 Å². The number of nitrogens with zero attached hydrogens (tertiary/aromatic N) is 2. The zero-order valence-corrected chi connectivity index (χ0v) is 14.2. The Hall–Kier alpha value is -2.35. The van der Waals surface area contributed by atoms with Crippen LogP contribution in [0.5, 0.6) is 0 Å². The number of anilines is 1. The molecule has 2 aromatic carbocycles. The molecule has 0 saturated carbocycles. The average molecular weight is 340 g/mol. The molecule has 2 aromatic rings. The second kappa shape index (κ2) is 7.04. The van der Waals surface area contributed by atoms with E-state index in [0.29, 0.717) is 22.8 Å². The van der Waals surface area contributed by atoms with Crippen molar-refractivity contribution in [3.8, 4) is 6.07 Å². The molecule has 1 fully saturated rings. The first-order chi connectivity index (χ1) is 11.6. The van der Waals surface area contributed by atoms with Gasteiger partial charge in [0, 0.05) is 23.8 Å². The van der Waals surface area contributed by atoms with Crippen LogP contribution in [0, 0.1) is 18.3 Å². The lowest BCUT2D eigenvalue weighted by Crippen LogP contribution is -2.53. The molecule has 0 bridgehead atoms. The largest absolute Gasteiger partial charge is 0.325 e. The maximum Gasteiger partial charge on any atom is 0.241 e. The van der Waals surface area contributed by atoms with Crippen LogP contribution in [0.4, 0.5) is 5.69 Å². The average Bonchev–Trinajstić information content (AvgIpc) is 2.55. The Bertz CT molecular complexity index is 812. The fourth-order valence-corrected chi connectivity index (χ4v) is 2.99. The van der Waals surface area contributed by atoms with Gasteiger partial charge in [-0.3, -0.25) is 9.69 Å². The number of aryl methyl sites for hydroxylation is 1. The molecule has 1 N–H and O–H groups in total. The van der Waals surface area contributed by atoms with Gasteiger partial charge in [0.2, 0.25) is 5.91 Å². The van der Waals surface area contributed by atoms with Gasteiger partial charge >= 0.3 is 0 Å². The number of halogens is 1. The number of likely N-dealkylation sites (tertiary alicyclic amines) is 1. The van der Waals surface area contributed by atoms with Gasteiger partial charge in [-0.05, 0) is 42.7 Å². The third kappa shape index (κ3) is 3.43. The summed E-state index contributed by atoms with van der Waals surface area (Å²) >= 11 is 6.10. The minimum atomic E-state index is -0.170. The molecular formula is C19H18ClN3O. The maximum atomic E-state index is 12.5. The molecule has 1 saturated heterocycles. The van der Waals surface area contributed by atoms with Crippen LogP contribution in [-0.2, 0) is 11.3 Å². The molecule has 1 atom stereocenters. The summed E-state index contributed by atoms with van der Waals surface area (Å²) in [5, 5.41) is 12.7. The number of benzene rings is 2. The third-order valence-corrected chi connectivity index (χ3v) is 4.79. The molecule has 0 spiro atoms. The number of nitriles is 1. The molecular weight excluding hydrogens is 322 g/mol. The summed E-state index contributed by atoms with van der Waals surface area (Å²) in [4.78, 5) is 14.6. The van der Waals surface area contributed by atoms with Crippen LogP contribution in [0.3, 0.4) is 0 Å². The molecule has 1 aliphatic rings. The van der Waals surface area contributed by atoms with E-state index in [-0.39, 0.29) is 11.9 Å². The predicted octanol–water partition coefficient (Wildman–Crippen LogP) is 3.73. The zero-order chi connectivity index (χ0) is 17.1. The SMILES string of the molecule is Cc1ccc(NC(=O)C2CCN2Cc2ccccc2C#N)cc1Cl. The van der Waals surface area contributed by atoms with Gasteiger partial charge in [0.05, 0.1) is 17.7 Å². The minimum Gasteiger partial charge on any atom is -0.325 e. The summed E-state index contributed by atoms with van der Waals surface area (Å²) in [6.45, 7) is 3.39. The molecule has 1 unspecified atom stereocenters. The second-order valence-corrected chi connectivity index (χ2v) is 6.40. The molecule has 3 rings (SSSR count). The van der Waals surface area contributed by atoms with Crippen LogP contribution in [-0.4, -0.2) is 23.4 Å². The van der Waals surface area contributed by atoms with Gasteiger partial charge < -0.3 is 5.32 Å². The number of hydrogen-bond donors (Lipinski definition) is 1. The van der Waals surface area contributed by atoms with Crippen LogP contribution < -0.4 is 5.32 Å². The monoisotopic (exact) mass is 339 g/mol. The highest BCUT2D eigenvalue weighted by molar-refractivity contribution is 6.31. The van der Waals surface area contributed by atoms with Gasteiger partial charge in [-0.2, -0.15) is 5.26 Å². The third-order valence-electron chi connectivity index (χ3n) is 4.38. The van der Waals surface area contributed by atoms with Crippen LogP contribution in [0.25, 0.3) is 0 Å². The first kappa shape index (κ1) is 16.5. The van der Waals surface area contributed by atoms with E-state index in [2.05, 4.69) is 16.3 Å². The maximum absolute atomic E-state index is 12.5. The van der Waals surface area contributed by atoms with Gasteiger partial charge in [0.25, 0.3) is 0 Å². The zero-order valence-electron chi connectivity index (χ0n) is 13.4. The summed E-state index contributed by atoms with van der Waals surface area (Å²) < 4.78 is 0. The van der Waals surface area contributed by atoms with E-state index in [0.717, 1.165) is 24.1 Å². The molecule has 24 heavy (non-hydrogen) atoms. The van der Waals surface area contributed by atoms with Gasteiger partial charge in [-0.15, -0.1) is 0 Å². The highest BCUT2D eigenvalue weighted by Gasteiger charge is 2.34. The van der Waals surface area contributed by atoms with Crippen LogP contribution in [0.15, 0.2) is 42.5 Å². The van der Waals surface area contributed by atoms with E-state index in [1.807, 2.05) is 37.3 Å². The highest BCUT2D eigenvalue weighted by Crippen LogP contribution is 2.25. The van der Waals surface area contributed by atoms with Crippen molar-refractivity contribution in [1.82, 2.24) is 4.90 Å². The predicted molar refractivity (Wildman–Crippen MR) is 94.8 cm³/mol. The first-order valence-electron chi connectivity index (χ1n) is 7.87. The van der Waals surface area contributed by atoms with E-state index < -0.39 is 0 Å².